The Hall–Kier alpha value is -2.40. The lowest BCUT2D eigenvalue weighted by Crippen LogP contribution is -2.29. The zero-order valence-corrected chi connectivity index (χ0v) is 10.5. The molecule has 2 aromatic rings. The van der Waals surface area contributed by atoms with Crippen molar-refractivity contribution >= 4 is 11.5 Å². The van der Waals surface area contributed by atoms with Crippen LogP contribution in [-0.4, -0.2) is 46.4 Å². The maximum atomic E-state index is 11.3. The van der Waals surface area contributed by atoms with Crippen molar-refractivity contribution in [3.63, 3.8) is 0 Å². The van der Waals surface area contributed by atoms with Crippen LogP contribution in [0.15, 0.2) is 17.2 Å². The summed E-state index contributed by atoms with van der Waals surface area (Å²) in [5, 5.41) is 14.9. The van der Waals surface area contributed by atoms with Crippen LogP contribution in [0.5, 0.6) is 0 Å². The average molecular weight is 262 g/mol. The van der Waals surface area contributed by atoms with Crippen molar-refractivity contribution in [2.75, 3.05) is 31.7 Å². The van der Waals surface area contributed by atoms with E-state index in [4.69, 9.17) is 10.00 Å². The van der Waals surface area contributed by atoms with E-state index in [0.29, 0.717) is 37.6 Å². The number of rotatable bonds is 6. The smallest absolute Gasteiger partial charge is 0.348 e. The fourth-order valence-electron chi connectivity index (χ4n) is 1.70. The molecule has 8 nitrogen and oxygen atoms in total. The molecule has 0 bridgehead atoms. The number of fused-ring (bicyclic) bond motifs is 1. The minimum Gasteiger partial charge on any atom is -0.383 e. The predicted octanol–water partition coefficient (Wildman–Crippen LogP) is -0.216. The van der Waals surface area contributed by atoms with Gasteiger partial charge in [0.1, 0.15) is 12.1 Å². The number of hydrogen-bond donors (Lipinski definition) is 1. The number of methoxy groups -OCH3 is 1. The molecule has 0 aromatic carbocycles. The molecule has 0 unspecified atom stereocenters. The largest absolute Gasteiger partial charge is 0.383 e. The highest BCUT2D eigenvalue weighted by atomic mass is 16.5. The van der Waals surface area contributed by atoms with Crippen LogP contribution in [0.25, 0.3) is 5.65 Å². The van der Waals surface area contributed by atoms with Crippen molar-refractivity contribution in [2.45, 2.75) is 6.42 Å². The molecule has 0 amide bonds. The average Bonchev–Trinajstić information content (AvgIpc) is 2.80. The maximum absolute atomic E-state index is 11.3. The summed E-state index contributed by atoms with van der Waals surface area (Å²) in [6.45, 7) is 1.71. The summed E-state index contributed by atoms with van der Waals surface area (Å²) in [5.41, 5.74) is 0.170. The van der Waals surface area contributed by atoms with Crippen molar-refractivity contribution in [1.82, 2.24) is 19.6 Å². The summed E-state index contributed by atoms with van der Waals surface area (Å²) in [7, 11) is 1.62. The van der Waals surface area contributed by atoms with Gasteiger partial charge in [-0.05, 0) is 0 Å². The molecule has 19 heavy (non-hydrogen) atoms. The SMILES string of the molecule is COCCN(CCC#N)c1cc2n[nH]c(=O)n2cn1. The second-order valence-electron chi connectivity index (χ2n) is 3.89. The zero-order chi connectivity index (χ0) is 13.7. The standard InChI is InChI=1S/C11H14N6O2/c1-19-6-5-16(4-2-3-12)9-7-10-14-15-11(18)17(10)8-13-9/h7-8H,2,4-6H2,1H3,(H,15,18). The Labute approximate surface area is 109 Å². The van der Waals surface area contributed by atoms with E-state index in [-0.39, 0.29) is 5.69 Å². The highest BCUT2D eigenvalue weighted by Gasteiger charge is 2.10. The zero-order valence-electron chi connectivity index (χ0n) is 10.5. The fraction of sp³-hybridized carbons (Fsp3) is 0.455. The van der Waals surface area contributed by atoms with Crippen LogP contribution in [0.1, 0.15) is 6.42 Å². The van der Waals surface area contributed by atoms with Gasteiger partial charge in [0.05, 0.1) is 19.1 Å². The summed E-state index contributed by atoms with van der Waals surface area (Å²) < 4.78 is 6.36. The number of nitrogens with one attached hydrogen (secondary N) is 1. The van der Waals surface area contributed by atoms with E-state index in [1.165, 1.54) is 10.7 Å². The van der Waals surface area contributed by atoms with Gasteiger partial charge in [0.15, 0.2) is 5.65 Å². The van der Waals surface area contributed by atoms with E-state index in [1.807, 2.05) is 4.90 Å². The van der Waals surface area contributed by atoms with Crippen molar-refractivity contribution in [2.24, 2.45) is 0 Å². The highest BCUT2D eigenvalue weighted by Crippen LogP contribution is 2.11. The molecule has 0 spiro atoms. The first-order valence-corrected chi connectivity index (χ1v) is 5.80. The Morgan fingerprint density at radius 3 is 3.16 bits per heavy atom. The van der Waals surface area contributed by atoms with Gasteiger partial charge in [0.2, 0.25) is 0 Å². The molecule has 2 rings (SSSR count). The molecule has 8 heteroatoms. The Kier molecular flexibility index (Phi) is 4.10. The normalized spacial score (nSPS) is 10.5. The third-order valence-electron chi connectivity index (χ3n) is 2.68. The number of H-pyrrole nitrogens is 1. The Morgan fingerprint density at radius 2 is 2.42 bits per heavy atom. The van der Waals surface area contributed by atoms with Gasteiger partial charge in [-0.1, -0.05) is 0 Å². The van der Waals surface area contributed by atoms with Crippen LogP contribution in [0.4, 0.5) is 5.82 Å². The van der Waals surface area contributed by atoms with Gasteiger partial charge in [-0.2, -0.15) is 10.4 Å². The van der Waals surface area contributed by atoms with Crippen molar-refractivity contribution in [3.8, 4) is 6.07 Å². The van der Waals surface area contributed by atoms with Gasteiger partial charge in [-0.3, -0.25) is 0 Å². The van der Waals surface area contributed by atoms with Gasteiger partial charge in [-0.25, -0.2) is 19.3 Å². The number of nitrogens with zero attached hydrogens (tertiary/aromatic N) is 5. The summed E-state index contributed by atoms with van der Waals surface area (Å²) in [5.74, 6) is 0.666. The molecular formula is C11H14N6O2. The fourth-order valence-corrected chi connectivity index (χ4v) is 1.70. The minimum absolute atomic E-state index is 0.325. The first-order chi connectivity index (χ1) is 9.26. The summed E-state index contributed by atoms with van der Waals surface area (Å²) in [6, 6.07) is 3.80. The van der Waals surface area contributed by atoms with Gasteiger partial charge in [0.25, 0.3) is 0 Å². The number of aromatic amines is 1. The molecule has 0 saturated carbocycles. The minimum atomic E-state index is -0.325. The van der Waals surface area contributed by atoms with E-state index >= 15 is 0 Å². The van der Waals surface area contributed by atoms with E-state index in [0.717, 1.165) is 0 Å². The third-order valence-corrected chi connectivity index (χ3v) is 2.68. The number of hydrogen-bond acceptors (Lipinski definition) is 6. The van der Waals surface area contributed by atoms with Crippen molar-refractivity contribution in [1.29, 1.82) is 5.26 Å². The molecule has 0 atom stereocenters. The van der Waals surface area contributed by atoms with Crippen molar-refractivity contribution in [3.05, 3.63) is 22.9 Å². The van der Waals surface area contributed by atoms with Crippen LogP contribution in [0, 0.1) is 11.3 Å². The molecule has 2 heterocycles. The molecule has 100 valence electrons. The van der Waals surface area contributed by atoms with E-state index in [2.05, 4.69) is 21.3 Å². The molecule has 0 aliphatic carbocycles. The number of nitriles is 1. The van der Waals surface area contributed by atoms with E-state index < -0.39 is 0 Å². The summed E-state index contributed by atoms with van der Waals surface area (Å²) in [6.07, 6.45) is 1.81. The number of aromatic nitrogens is 4. The van der Waals surface area contributed by atoms with Crippen LogP contribution in [-0.2, 0) is 4.74 Å². The molecule has 0 radical (unpaired) electrons. The highest BCUT2D eigenvalue weighted by molar-refractivity contribution is 5.50. The van der Waals surface area contributed by atoms with Crippen LogP contribution >= 0.6 is 0 Å². The summed E-state index contributed by atoms with van der Waals surface area (Å²) >= 11 is 0. The van der Waals surface area contributed by atoms with Crippen LogP contribution in [0.3, 0.4) is 0 Å². The predicted molar refractivity (Wildman–Crippen MR) is 67.9 cm³/mol. The van der Waals surface area contributed by atoms with Gasteiger partial charge in [0, 0.05) is 26.3 Å². The molecule has 0 fully saturated rings. The summed E-state index contributed by atoms with van der Waals surface area (Å²) in [4.78, 5) is 17.5. The maximum Gasteiger partial charge on any atom is 0.348 e. The second-order valence-corrected chi connectivity index (χ2v) is 3.89. The van der Waals surface area contributed by atoms with Gasteiger partial charge in [-0.15, -0.1) is 0 Å². The second kappa shape index (κ2) is 5.97. The number of anilines is 1. The molecule has 0 aliphatic rings. The van der Waals surface area contributed by atoms with Crippen LogP contribution in [0.2, 0.25) is 0 Å². The quantitative estimate of drug-likeness (QED) is 0.773. The topological polar surface area (TPSA) is 99.3 Å². The lowest BCUT2D eigenvalue weighted by molar-refractivity contribution is 0.205. The van der Waals surface area contributed by atoms with E-state index in [1.54, 1.807) is 13.2 Å². The Balaban J connectivity index is 2.26. The lowest BCUT2D eigenvalue weighted by Gasteiger charge is -2.21. The number of ether oxygens (including phenoxy) is 1. The lowest BCUT2D eigenvalue weighted by atomic mass is 10.3. The monoisotopic (exact) mass is 262 g/mol. The van der Waals surface area contributed by atoms with Crippen LogP contribution < -0.4 is 10.6 Å². The Morgan fingerprint density at radius 1 is 1.58 bits per heavy atom. The first-order valence-electron chi connectivity index (χ1n) is 5.80. The van der Waals surface area contributed by atoms with E-state index in [9.17, 15) is 4.79 Å². The third kappa shape index (κ3) is 2.89. The molecule has 0 aliphatic heterocycles. The van der Waals surface area contributed by atoms with Gasteiger partial charge >= 0.3 is 5.69 Å². The Bertz CT molecular complexity index is 640. The van der Waals surface area contributed by atoms with Crippen molar-refractivity contribution < 1.29 is 4.74 Å². The first kappa shape index (κ1) is 13.0. The molecule has 1 N–H and O–H groups in total. The molecule has 0 saturated heterocycles. The van der Waals surface area contributed by atoms with Gasteiger partial charge < -0.3 is 9.64 Å². The molecule has 2 aromatic heterocycles. The molecular weight excluding hydrogens is 248 g/mol.